The van der Waals surface area contributed by atoms with E-state index in [1.165, 1.54) is 37.3 Å². The maximum absolute atomic E-state index is 12.9. The fraction of sp³-hybridized carbons (Fsp3) is 0.176. The summed E-state index contributed by atoms with van der Waals surface area (Å²) in [5, 5.41) is 2.41. The molecule has 1 atom stereocenters. The van der Waals surface area contributed by atoms with Crippen molar-refractivity contribution in [3.8, 4) is 5.75 Å². The fourth-order valence-electron chi connectivity index (χ4n) is 1.80. The Balaban J connectivity index is 1.82. The topological polar surface area (TPSA) is 64.6 Å². The van der Waals surface area contributed by atoms with E-state index in [2.05, 4.69) is 5.32 Å². The van der Waals surface area contributed by atoms with Crippen molar-refractivity contribution in [1.29, 1.82) is 0 Å². The first-order valence-corrected chi connectivity index (χ1v) is 7.56. The van der Waals surface area contributed by atoms with Crippen LogP contribution in [-0.2, 0) is 14.3 Å². The summed E-state index contributed by atoms with van der Waals surface area (Å²) in [4.78, 5) is 23.6. The SMILES string of the molecule is C[C@@H](Oc1ccc(F)cc1)C(=O)OCC(=O)Nc1ccc(F)cc1Cl. The van der Waals surface area contributed by atoms with E-state index in [0.29, 0.717) is 0 Å². The van der Waals surface area contributed by atoms with Gasteiger partial charge in [-0.3, -0.25) is 4.79 Å². The van der Waals surface area contributed by atoms with Crippen LogP contribution in [0.1, 0.15) is 6.92 Å². The maximum atomic E-state index is 12.9. The largest absolute Gasteiger partial charge is 0.479 e. The molecule has 5 nitrogen and oxygen atoms in total. The third-order valence-electron chi connectivity index (χ3n) is 3.01. The van der Waals surface area contributed by atoms with Gasteiger partial charge in [-0.1, -0.05) is 11.6 Å². The van der Waals surface area contributed by atoms with Gasteiger partial charge in [0.1, 0.15) is 17.4 Å². The number of ether oxygens (including phenoxy) is 2. The summed E-state index contributed by atoms with van der Waals surface area (Å²) in [6.07, 6.45) is -0.993. The predicted molar refractivity (Wildman–Crippen MR) is 87.5 cm³/mol. The zero-order valence-electron chi connectivity index (χ0n) is 13.1. The van der Waals surface area contributed by atoms with Gasteiger partial charge in [-0.05, 0) is 49.4 Å². The molecule has 2 aromatic rings. The van der Waals surface area contributed by atoms with Gasteiger partial charge in [0.2, 0.25) is 0 Å². The summed E-state index contributed by atoms with van der Waals surface area (Å²) in [6.45, 7) is 0.865. The van der Waals surface area contributed by atoms with Crippen LogP contribution in [0.2, 0.25) is 5.02 Å². The van der Waals surface area contributed by atoms with Crippen molar-refractivity contribution in [3.63, 3.8) is 0 Å². The van der Waals surface area contributed by atoms with Crippen molar-refractivity contribution in [1.82, 2.24) is 0 Å². The molecule has 0 aliphatic rings. The molecule has 0 radical (unpaired) electrons. The van der Waals surface area contributed by atoms with Crippen molar-refractivity contribution < 1.29 is 27.8 Å². The lowest BCUT2D eigenvalue weighted by atomic mass is 10.3. The van der Waals surface area contributed by atoms with Crippen LogP contribution in [0.15, 0.2) is 42.5 Å². The number of hydrogen-bond acceptors (Lipinski definition) is 4. The molecule has 0 fully saturated rings. The van der Waals surface area contributed by atoms with Crippen LogP contribution < -0.4 is 10.1 Å². The highest BCUT2D eigenvalue weighted by Crippen LogP contribution is 2.22. The standard InChI is InChI=1S/C17H14ClF2NO4/c1-10(25-13-5-2-11(19)3-6-13)17(23)24-9-16(22)21-15-7-4-12(20)8-14(15)18/h2-8,10H,9H2,1H3,(H,21,22)/t10-/m1/s1. The monoisotopic (exact) mass is 369 g/mol. The molecule has 0 bridgehead atoms. The number of rotatable bonds is 6. The van der Waals surface area contributed by atoms with E-state index in [9.17, 15) is 18.4 Å². The van der Waals surface area contributed by atoms with Gasteiger partial charge in [0.15, 0.2) is 12.7 Å². The van der Waals surface area contributed by atoms with Crippen molar-refractivity contribution >= 4 is 29.2 Å². The average molecular weight is 370 g/mol. The number of halogens is 3. The van der Waals surface area contributed by atoms with Gasteiger partial charge >= 0.3 is 5.97 Å². The lowest BCUT2D eigenvalue weighted by Crippen LogP contribution is -2.29. The Kier molecular flexibility index (Phi) is 6.30. The molecule has 25 heavy (non-hydrogen) atoms. The summed E-state index contributed by atoms with van der Waals surface area (Å²) in [7, 11) is 0. The second-order valence-electron chi connectivity index (χ2n) is 4.99. The first-order chi connectivity index (χ1) is 11.8. The maximum Gasteiger partial charge on any atom is 0.347 e. The van der Waals surface area contributed by atoms with Crippen molar-refractivity contribution in [2.45, 2.75) is 13.0 Å². The average Bonchev–Trinajstić information content (AvgIpc) is 2.57. The number of hydrogen-bond donors (Lipinski definition) is 1. The predicted octanol–water partition coefficient (Wildman–Crippen LogP) is 3.57. The van der Waals surface area contributed by atoms with Gasteiger partial charge < -0.3 is 14.8 Å². The van der Waals surface area contributed by atoms with Crippen LogP contribution in [0.5, 0.6) is 5.75 Å². The zero-order valence-corrected chi connectivity index (χ0v) is 13.8. The number of amides is 1. The van der Waals surface area contributed by atoms with Gasteiger partial charge in [0.25, 0.3) is 5.91 Å². The van der Waals surface area contributed by atoms with Crippen LogP contribution in [0.4, 0.5) is 14.5 Å². The minimum absolute atomic E-state index is 0.0210. The van der Waals surface area contributed by atoms with E-state index in [1.54, 1.807) is 0 Å². The molecule has 0 unspecified atom stereocenters. The number of nitrogens with one attached hydrogen (secondary N) is 1. The molecule has 2 rings (SSSR count). The highest BCUT2D eigenvalue weighted by molar-refractivity contribution is 6.33. The molecule has 0 aliphatic carbocycles. The fourth-order valence-corrected chi connectivity index (χ4v) is 2.01. The number of carbonyl (C=O) groups is 2. The Morgan fingerprint density at radius 1 is 1.12 bits per heavy atom. The summed E-state index contributed by atoms with van der Waals surface area (Å²) in [5.74, 6) is -2.10. The normalized spacial score (nSPS) is 11.5. The van der Waals surface area contributed by atoms with Crippen molar-refractivity contribution in [3.05, 3.63) is 59.1 Å². The summed E-state index contributed by atoms with van der Waals surface area (Å²) < 4.78 is 35.8. The van der Waals surface area contributed by atoms with Gasteiger partial charge in [-0.2, -0.15) is 0 Å². The Hall–Kier alpha value is -2.67. The molecule has 132 valence electrons. The minimum Gasteiger partial charge on any atom is -0.479 e. The Morgan fingerprint density at radius 3 is 2.40 bits per heavy atom. The lowest BCUT2D eigenvalue weighted by Gasteiger charge is -2.14. The van der Waals surface area contributed by atoms with Gasteiger partial charge in [-0.15, -0.1) is 0 Å². The first-order valence-electron chi connectivity index (χ1n) is 7.19. The summed E-state index contributed by atoms with van der Waals surface area (Å²) in [5.41, 5.74) is 0.194. The third kappa shape index (κ3) is 5.72. The summed E-state index contributed by atoms with van der Waals surface area (Å²) >= 11 is 5.78. The lowest BCUT2D eigenvalue weighted by molar-refractivity contribution is -0.153. The molecule has 0 saturated heterocycles. The molecule has 0 heterocycles. The molecule has 0 aliphatic heterocycles. The second kappa shape index (κ2) is 8.43. The smallest absolute Gasteiger partial charge is 0.347 e. The van der Waals surface area contributed by atoms with Crippen molar-refractivity contribution in [2.24, 2.45) is 0 Å². The highest BCUT2D eigenvalue weighted by atomic mass is 35.5. The van der Waals surface area contributed by atoms with E-state index >= 15 is 0 Å². The van der Waals surface area contributed by atoms with Gasteiger partial charge in [0, 0.05) is 0 Å². The van der Waals surface area contributed by atoms with Crippen molar-refractivity contribution in [2.75, 3.05) is 11.9 Å². The van der Waals surface area contributed by atoms with Crippen LogP contribution in [0, 0.1) is 11.6 Å². The zero-order chi connectivity index (χ0) is 18.4. The number of benzene rings is 2. The van der Waals surface area contributed by atoms with E-state index in [-0.39, 0.29) is 16.5 Å². The third-order valence-corrected chi connectivity index (χ3v) is 3.32. The molecule has 2 aromatic carbocycles. The van der Waals surface area contributed by atoms with Crippen LogP contribution >= 0.6 is 11.6 Å². The van der Waals surface area contributed by atoms with Gasteiger partial charge in [0.05, 0.1) is 10.7 Å². The highest BCUT2D eigenvalue weighted by Gasteiger charge is 2.18. The van der Waals surface area contributed by atoms with Crippen LogP contribution in [0.25, 0.3) is 0 Å². The number of esters is 1. The van der Waals surface area contributed by atoms with Gasteiger partial charge in [-0.25, -0.2) is 13.6 Å². The molecule has 0 saturated carbocycles. The minimum atomic E-state index is -0.993. The Bertz CT molecular complexity index is 768. The van der Waals surface area contributed by atoms with E-state index in [0.717, 1.165) is 12.1 Å². The number of carbonyl (C=O) groups excluding carboxylic acids is 2. The molecule has 8 heteroatoms. The Morgan fingerprint density at radius 2 is 1.76 bits per heavy atom. The molecule has 1 N–H and O–H groups in total. The molecule has 0 aromatic heterocycles. The van der Waals surface area contributed by atoms with E-state index in [1.807, 2.05) is 0 Å². The molecular formula is C17H14ClF2NO4. The van der Waals surface area contributed by atoms with Crippen LogP contribution in [0.3, 0.4) is 0 Å². The second-order valence-corrected chi connectivity index (χ2v) is 5.40. The van der Waals surface area contributed by atoms with E-state index < -0.39 is 36.2 Å². The molecular weight excluding hydrogens is 356 g/mol. The van der Waals surface area contributed by atoms with E-state index in [4.69, 9.17) is 21.1 Å². The summed E-state index contributed by atoms with van der Waals surface area (Å²) in [6, 6.07) is 8.57. The molecule has 0 spiro atoms. The Labute approximate surface area is 147 Å². The first kappa shape index (κ1) is 18.7. The van der Waals surface area contributed by atoms with Crippen LogP contribution in [-0.4, -0.2) is 24.6 Å². The molecule has 1 amide bonds. The quantitative estimate of drug-likeness (QED) is 0.791. The number of anilines is 1.